The molecule has 4 rings (SSSR count). The van der Waals surface area contributed by atoms with Crippen LogP contribution in [-0.2, 0) is 13.0 Å². The van der Waals surface area contributed by atoms with Gasteiger partial charge in [0.2, 0.25) is 5.88 Å². The SMILES string of the molecule is CCCCc1nc(C2CCCCC2)nn1Cc1ccc(-c2cccnc2OC(=O)O)cc1. The Bertz CT molecular complexity index is 1040. The van der Waals surface area contributed by atoms with Crippen LogP contribution in [0.25, 0.3) is 11.1 Å². The molecule has 32 heavy (non-hydrogen) atoms. The summed E-state index contributed by atoms with van der Waals surface area (Å²) in [7, 11) is 0. The molecule has 1 saturated carbocycles. The zero-order valence-electron chi connectivity index (χ0n) is 18.5. The van der Waals surface area contributed by atoms with Crippen LogP contribution in [0.1, 0.15) is 75.0 Å². The number of hydrogen-bond acceptors (Lipinski definition) is 5. The van der Waals surface area contributed by atoms with Crippen molar-refractivity contribution < 1.29 is 14.6 Å². The number of benzene rings is 1. The number of aryl methyl sites for hydroxylation is 1. The number of hydrogen-bond donors (Lipinski definition) is 1. The molecule has 2 heterocycles. The van der Waals surface area contributed by atoms with Gasteiger partial charge in [0.15, 0.2) is 5.82 Å². The topological polar surface area (TPSA) is 90.1 Å². The molecule has 0 saturated heterocycles. The van der Waals surface area contributed by atoms with Crippen molar-refractivity contribution in [2.45, 2.75) is 70.8 Å². The third-order valence-corrected chi connectivity index (χ3v) is 6.04. The van der Waals surface area contributed by atoms with Gasteiger partial charge in [-0.3, -0.25) is 0 Å². The molecule has 3 aromatic rings. The Morgan fingerprint density at radius 2 is 1.94 bits per heavy atom. The van der Waals surface area contributed by atoms with Crippen LogP contribution in [0, 0.1) is 0 Å². The Morgan fingerprint density at radius 3 is 2.66 bits per heavy atom. The fourth-order valence-electron chi connectivity index (χ4n) is 4.31. The van der Waals surface area contributed by atoms with Gasteiger partial charge < -0.3 is 9.84 Å². The van der Waals surface area contributed by atoms with Crippen LogP contribution in [-0.4, -0.2) is 31.0 Å². The molecule has 0 amide bonds. The molecule has 1 aliphatic rings. The molecule has 7 nitrogen and oxygen atoms in total. The Labute approximate surface area is 188 Å². The monoisotopic (exact) mass is 434 g/mol. The van der Waals surface area contributed by atoms with Crippen LogP contribution in [0.3, 0.4) is 0 Å². The van der Waals surface area contributed by atoms with E-state index in [4.69, 9.17) is 19.9 Å². The number of nitrogens with zero attached hydrogens (tertiary/aromatic N) is 4. The first-order valence-electron chi connectivity index (χ1n) is 11.5. The number of unbranched alkanes of at least 4 members (excludes halogenated alkanes) is 1. The lowest BCUT2D eigenvalue weighted by Crippen LogP contribution is -2.09. The second-order valence-corrected chi connectivity index (χ2v) is 8.40. The van der Waals surface area contributed by atoms with Crippen LogP contribution >= 0.6 is 0 Å². The lowest BCUT2D eigenvalue weighted by atomic mass is 9.89. The minimum Gasteiger partial charge on any atom is -0.449 e. The van der Waals surface area contributed by atoms with Gasteiger partial charge in [-0.1, -0.05) is 56.9 Å². The van der Waals surface area contributed by atoms with E-state index in [0.717, 1.165) is 42.0 Å². The molecule has 1 fully saturated rings. The van der Waals surface area contributed by atoms with Gasteiger partial charge in [-0.25, -0.2) is 19.4 Å². The number of aromatic nitrogens is 4. The molecule has 0 radical (unpaired) electrons. The van der Waals surface area contributed by atoms with Gasteiger partial charge in [-0.2, -0.15) is 5.10 Å². The standard InChI is InChI=1S/C25H30N4O3/c1-2-3-11-22-27-23(20-8-5-4-6-9-20)28-29(22)17-18-12-14-19(15-13-18)21-10-7-16-26-24(21)32-25(30)31/h7,10,12-16,20H,2-6,8-9,11,17H2,1H3,(H,30,31). The van der Waals surface area contributed by atoms with Gasteiger partial charge in [-0.15, -0.1) is 0 Å². The maximum atomic E-state index is 11.0. The highest BCUT2D eigenvalue weighted by atomic mass is 16.7. The van der Waals surface area contributed by atoms with Crippen molar-refractivity contribution in [3.63, 3.8) is 0 Å². The predicted molar refractivity (Wildman–Crippen MR) is 122 cm³/mol. The molecule has 0 bridgehead atoms. The summed E-state index contributed by atoms with van der Waals surface area (Å²) >= 11 is 0. The van der Waals surface area contributed by atoms with Crippen molar-refractivity contribution in [2.24, 2.45) is 0 Å². The molecule has 168 valence electrons. The number of carbonyl (C=O) groups is 1. The molecule has 1 aromatic carbocycles. The van der Waals surface area contributed by atoms with E-state index in [9.17, 15) is 4.79 Å². The van der Waals surface area contributed by atoms with Gasteiger partial charge >= 0.3 is 6.16 Å². The second kappa shape index (κ2) is 10.4. The van der Waals surface area contributed by atoms with Gasteiger partial charge in [-0.05, 0) is 42.5 Å². The van der Waals surface area contributed by atoms with Gasteiger partial charge in [0.1, 0.15) is 5.82 Å². The zero-order chi connectivity index (χ0) is 22.3. The van der Waals surface area contributed by atoms with Gasteiger partial charge in [0.05, 0.1) is 6.54 Å². The number of carboxylic acid groups (broad SMARTS) is 1. The van der Waals surface area contributed by atoms with Crippen molar-refractivity contribution in [3.05, 3.63) is 59.8 Å². The average molecular weight is 435 g/mol. The van der Waals surface area contributed by atoms with Crippen LogP contribution in [0.15, 0.2) is 42.6 Å². The minimum atomic E-state index is -1.37. The highest BCUT2D eigenvalue weighted by molar-refractivity contribution is 5.72. The molecular weight excluding hydrogens is 404 g/mol. The molecule has 0 atom stereocenters. The van der Waals surface area contributed by atoms with Crippen LogP contribution in [0.5, 0.6) is 5.88 Å². The largest absolute Gasteiger partial charge is 0.512 e. The maximum absolute atomic E-state index is 11.0. The van der Waals surface area contributed by atoms with E-state index in [1.807, 2.05) is 24.3 Å². The highest BCUT2D eigenvalue weighted by Gasteiger charge is 2.21. The smallest absolute Gasteiger partial charge is 0.449 e. The molecule has 0 spiro atoms. The summed E-state index contributed by atoms with van der Waals surface area (Å²) in [5.41, 5.74) is 2.62. The predicted octanol–water partition coefficient (Wildman–Crippen LogP) is 5.84. The third-order valence-electron chi connectivity index (χ3n) is 6.04. The molecule has 0 unspecified atom stereocenters. The van der Waals surface area contributed by atoms with Crippen molar-refractivity contribution >= 4 is 6.16 Å². The number of ether oxygens (including phenoxy) is 1. The second-order valence-electron chi connectivity index (χ2n) is 8.40. The quantitative estimate of drug-likeness (QED) is 0.448. The van der Waals surface area contributed by atoms with E-state index < -0.39 is 6.16 Å². The zero-order valence-corrected chi connectivity index (χ0v) is 18.5. The maximum Gasteiger partial charge on any atom is 0.512 e. The van der Waals surface area contributed by atoms with E-state index in [1.54, 1.807) is 12.1 Å². The van der Waals surface area contributed by atoms with Crippen molar-refractivity contribution in [2.75, 3.05) is 0 Å². The van der Waals surface area contributed by atoms with E-state index in [-0.39, 0.29) is 5.88 Å². The molecular formula is C25H30N4O3. The van der Waals surface area contributed by atoms with Gasteiger partial charge in [0, 0.05) is 24.1 Å². The van der Waals surface area contributed by atoms with Crippen LogP contribution in [0.4, 0.5) is 4.79 Å². The molecule has 7 heteroatoms. The van der Waals surface area contributed by atoms with Crippen molar-refractivity contribution in [1.82, 2.24) is 19.7 Å². The summed E-state index contributed by atoms with van der Waals surface area (Å²) in [4.78, 5) is 19.9. The summed E-state index contributed by atoms with van der Waals surface area (Å²) in [6.07, 6.45) is 9.57. The normalized spacial score (nSPS) is 14.4. The summed E-state index contributed by atoms with van der Waals surface area (Å²) in [5, 5.41) is 13.9. The number of rotatable bonds is 8. The summed E-state index contributed by atoms with van der Waals surface area (Å²) < 4.78 is 6.89. The van der Waals surface area contributed by atoms with Crippen LogP contribution < -0.4 is 4.74 Å². The van der Waals surface area contributed by atoms with E-state index in [2.05, 4.69) is 16.6 Å². The highest BCUT2D eigenvalue weighted by Crippen LogP contribution is 2.31. The first-order valence-corrected chi connectivity index (χ1v) is 11.5. The fourth-order valence-corrected chi connectivity index (χ4v) is 4.31. The van der Waals surface area contributed by atoms with E-state index >= 15 is 0 Å². The van der Waals surface area contributed by atoms with E-state index in [1.165, 1.54) is 38.3 Å². The first kappa shape index (κ1) is 22.0. The van der Waals surface area contributed by atoms with Crippen LogP contribution in [0.2, 0.25) is 0 Å². The molecule has 2 aromatic heterocycles. The average Bonchev–Trinajstić information content (AvgIpc) is 3.21. The summed E-state index contributed by atoms with van der Waals surface area (Å²) in [6.45, 7) is 2.87. The molecule has 0 aliphatic heterocycles. The van der Waals surface area contributed by atoms with E-state index in [0.29, 0.717) is 18.0 Å². The Hall–Kier alpha value is -3.22. The Kier molecular flexibility index (Phi) is 7.14. The Morgan fingerprint density at radius 1 is 1.16 bits per heavy atom. The fraction of sp³-hybridized carbons (Fsp3) is 0.440. The first-order chi connectivity index (χ1) is 15.6. The van der Waals surface area contributed by atoms with Crippen molar-refractivity contribution in [3.8, 4) is 17.0 Å². The molecule has 1 aliphatic carbocycles. The lowest BCUT2D eigenvalue weighted by Gasteiger charge is -2.18. The summed E-state index contributed by atoms with van der Waals surface area (Å²) in [6, 6.07) is 11.6. The van der Waals surface area contributed by atoms with Crippen molar-refractivity contribution in [1.29, 1.82) is 0 Å². The number of pyridine rings is 1. The molecule has 1 N–H and O–H groups in total. The summed E-state index contributed by atoms with van der Waals surface area (Å²) in [5.74, 6) is 2.66. The third kappa shape index (κ3) is 5.33. The van der Waals surface area contributed by atoms with Gasteiger partial charge in [0.25, 0.3) is 0 Å². The Balaban J connectivity index is 1.54. The minimum absolute atomic E-state index is 0.0861. The lowest BCUT2D eigenvalue weighted by molar-refractivity contribution is 0.143.